The molecular weight excluding hydrogens is 383 g/mol. The maximum absolute atomic E-state index is 12.3. The molecule has 0 aliphatic carbocycles. The Morgan fingerprint density at radius 1 is 0.920 bits per heavy atom. The van der Waals surface area contributed by atoms with Gasteiger partial charge in [0.1, 0.15) is 0 Å². The minimum atomic E-state index is -3.81. The van der Waals surface area contributed by atoms with Gasteiger partial charge in [-0.05, 0) is 55.8 Å². The summed E-state index contributed by atoms with van der Waals surface area (Å²) in [5.74, 6) is -0.431. The van der Waals surface area contributed by atoms with Gasteiger partial charge in [-0.2, -0.15) is 4.72 Å². The van der Waals surface area contributed by atoms with E-state index >= 15 is 0 Å². The van der Waals surface area contributed by atoms with Crippen LogP contribution in [0.1, 0.15) is 25.5 Å². The quantitative estimate of drug-likeness (QED) is 0.778. The third kappa shape index (κ3) is 5.44. The van der Waals surface area contributed by atoms with Crippen molar-refractivity contribution in [3.63, 3.8) is 0 Å². The molecular formula is C17H18Cl2N2O3S. The molecule has 2 unspecified atom stereocenters. The summed E-state index contributed by atoms with van der Waals surface area (Å²) in [6.07, 6.45) is 0. The Labute approximate surface area is 157 Å². The number of rotatable bonds is 6. The number of amides is 1. The lowest BCUT2D eigenvalue weighted by Gasteiger charge is -2.19. The van der Waals surface area contributed by atoms with Gasteiger partial charge in [-0.15, -0.1) is 0 Å². The second-order valence-corrected chi connectivity index (χ2v) is 8.17. The second kappa shape index (κ2) is 8.19. The predicted molar refractivity (Wildman–Crippen MR) is 99.2 cm³/mol. The zero-order chi connectivity index (χ0) is 18.6. The van der Waals surface area contributed by atoms with Crippen LogP contribution in [0.2, 0.25) is 10.0 Å². The van der Waals surface area contributed by atoms with E-state index in [-0.39, 0.29) is 10.9 Å². The van der Waals surface area contributed by atoms with Crippen molar-refractivity contribution in [2.75, 3.05) is 0 Å². The highest BCUT2D eigenvalue weighted by molar-refractivity contribution is 7.89. The molecule has 0 aliphatic rings. The fourth-order valence-corrected chi connectivity index (χ4v) is 3.60. The Morgan fingerprint density at radius 3 is 1.92 bits per heavy atom. The van der Waals surface area contributed by atoms with E-state index in [0.29, 0.717) is 10.0 Å². The molecule has 2 rings (SSSR count). The lowest BCUT2D eigenvalue weighted by atomic mass is 10.1. The Hall–Kier alpha value is -1.60. The Bertz CT molecular complexity index is 837. The minimum absolute atomic E-state index is 0.0438. The zero-order valence-electron chi connectivity index (χ0n) is 13.7. The van der Waals surface area contributed by atoms with Crippen LogP contribution >= 0.6 is 23.2 Å². The topological polar surface area (TPSA) is 75.3 Å². The van der Waals surface area contributed by atoms with E-state index in [1.807, 2.05) is 6.92 Å². The number of nitrogens with one attached hydrogen (secondary N) is 2. The first-order valence-electron chi connectivity index (χ1n) is 7.53. The summed E-state index contributed by atoms with van der Waals surface area (Å²) in [6.45, 7) is 3.29. The molecule has 0 aliphatic heterocycles. The maximum atomic E-state index is 12.3. The molecule has 0 spiro atoms. The van der Waals surface area contributed by atoms with E-state index in [9.17, 15) is 13.2 Å². The van der Waals surface area contributed by atoms with Crippen LogP contribution in [0.4, 0.5) is 0 Å². The third-order valence-corrected chi connectivity index (χ3v) is 5.64. The fraction of sp³-hybridized carbons (Fsp3) is 0.235. The molecule has 1 amide bonds. The molecule has 134 valence electrons. The van der Waals surface area contributed by atoms with Crippen LogP contribution in [0.3, 0.4) is 0 Å². The van der Waals surface area contributed by atoms with Gasteiger partial charge in [-0.25, -0.2) is 8.42 Å². The molecule has 8 heteroatoms. The third-order valence-electron chi connectivity index (χ3n) is 3.58. The maximum Gasteiger partial charge on any atom is 0.241 e. The smallest absolute Gasteiger partial charge is 0.241 e. The first-order valence-corrected chi connectivity index (χ1v) is 9.76. The van der Waals surface area contributed by atoms with Gasteiger partial charge in [0.05, 0.1) is 17.0 Å². The van der Waals surface area contributed by atoms with Crippen LogP contribution < -0.4 is 10.0 Å². The number of benzene rings is 2. The number of hydrogen-bond donors (Lipinski definition) is 2. The molecule has 0 bridgehead atoms. The van der Waals surface area contributed by atoms with Crippen LogP contribution in [0.25, 0.3) is 0 Å². The summed E-state index contributed by atoms with van der Waals surface area (Å²) in [5.41, 5.74) is 0.866. The van der Waals surface area contributed by atoms with Gasteiger partial charge in [-0.1, -0.05) is 35.3 Å². The normalized spacial score (nSPS) is 13.9. The molecule has 2 aromatic carbocycles. The summed E-state index contributed by atoms with van der Waals surface area (Å²) in [4.78, 5) is 12.3. The fourth-order valence-electron chi connectivity index (χ4n) is 2.14. The van der Waals surface area contributed by atoms with Crippen molar-refractivity contribution >= 4 is 39.1 Å². The highest BCUT2D eigenvalue weighted by Gasteiger charge is 2.23. The summed E-state index contributed by atoms with van der Waals surface area (Å²) < 4.78 is 27.0. The van der Waals surface area contributed by atoms with E-state index < -0.39 is 22.0 Å². The number of sulfonamides is 1. The average molecular weight is 401 g/mol. The van der Waals surface area contributed by atoms with Crippen LogP contribution in [0.5, 0.6) is 0 Å². The number of hydrogen-bond acceptors (Lipinski definition) is 3. The molecule has 25 heavy (non-hydrogen) atoms. The van der Waals surface area contributed by atoms with Crippen LogP contribution in [0, 0.1) is 0 Å². The highest BCUT2D eigenvalue weighted by atomic mass is 35.5. The van der Waals surface area contributed by atoms with Crippen molar-refractivity contribution < 1.29 is 13.2 Å². The Balaban J connectivity index is 2.01. The van der Waals surface area contributed by atoms with Gasteiger partial charge in [0, 0.05) is 10.0 Å². The van der Waals surface area contributed by atoms with Crippen molar-refractivity contribution in [2.45, 2.75) is 30.8 Å². The van der Waals surface area contributed by atoms with E-state index in [2.05, 4.69) is 10.0 Å². The van der Waals surface area contributed by atoms with Crippen molar-refractivity contribution in [2.24, 2.45) is 0 Å². The van der Waals surface area contributed by atoms with Crippen molar-refractivity contribution in [3.8, 4) is 0 Å². The summed E-state index contributed by atoms with van der Waals surface area (Å²) in [7, 11) is -3.81. The van der Waals surface area contributed by atoms with Gasteiger partial charge in [-0.3, -0.25) is 4.79 Å². The van der Waals surface area contributed by atoms with Gasteiger partial charge in [0.2, 0.25) is 15.9 Å². The molecule has 0 radical (unpaired) electrons. The minimum Gasteiger partial charge on any atom is -0.348 e. The van der Waals surface area contributed by atoms with E-state index in [4.69, 9.17) is 23.2 Å². The monoisotopic (exact) mass is 400 g/mol. The van der Waals surface area contributed by atoms with E-state index in [0.717, 1.165) is 5.56 Å². The number of halogens is 2. The van der Waals surface area contributed by atoms with Crippen molar-refractivity contribution in [1.82, 2.24) is 10.0 Å². The summed E-state index contributed by atoms with van der Waals surface area (Å²) in [5, 5.41) is 3.80. The SMILES string of the molecule is CC(NS(=O)(=O)c1ccc(Cl)cc1)C(=O)NC(C)c1ccc(Cl)cc1. The van der Waals surface area contributed by atoms with Crippen LogP contribution in [-0.2, 0) is 14.8 Å². The van der Waals surface area contributed by atoms with E-state index in [1.165, 1.54) is 31.2 Å². The zero-order valence-corrected chi connectivity index (χ0v) is 16.0. The van der Waals surface area contributed by atoms with Gasteiger partial charge in [0.15, 0.2) is 0 Å². The molecule has 2 N–H and O–H groups in total. The molecule has 0 fully saturated rings. The Morgan fingerprint density at radius 2 is 1.40 bits per heavy atom. The van der Waals surface area contributed by atoms with Crippen molar-refractivity contribution in [3.05, 3.63) is 64.1 Å². The predicted octanol–water partition coefficient (Wildman–Crippen LogP) is 3.54. The molecule has 5 nitrogen and oxygen atoms in total. The lowest BCUT2D eigenvalue weighted by molar-refractivity contribution is -0.123. The van der Waals surface area contributed by atoms with E-state index in [1.54, 1.807) is 24.3 Å². The van der Waals surface area contributed by atoms with Gasteiger partial charge < -0.3 is 5.32 Å². The highest BCUT2D eigenvalue weighted by Crippen LogP contribution is 2.17. The number of carbonyl (C=O) groups excluding carboxylic acids is 1. The summed E-state index contributed by atoms with van der Waals surface area (Å²) in [6, 6.07) is 11.6. The molecule has 0 heterocycles. The number of carbonyl (C=O) groups is 1. The molecule has 0 aromatic heterocycles. The molecule has 2 atom stereocenters. The summed E-state index contributed by atoms with van der Waals surface area (Å²) >= 11 is 11.6. The first-order chi connectivity index (χ1) is 11.7. The average Bonchev–Trinajstić information content (AvgIpc) is 2.55. The standard InChI is InChI=1S/C17H18Cl2N2O3S/c1-11(13-3-5-14(18)6-4-13)20-17(22)12(2)21-25(23,24)16-9-7-15(19)8-10-16/h3-12,21H,1-2H3,(H,20,22). The first kappa shape index (κ1) is 19.7. The van der Waals surface area contributed by atoms with Crippen molar-refractivity contribution in [1.29, 1.82) is 0 Å². The Kier molecular flexibility index (Phi) is 6.46. The molecule has 0 saturated heterocycles. The lowest BCUT2D eigenvalue weighted by Crippen LogP contribution is -2.45. The molecule has 0 saturated carbocycles. The second-order valence-electron chi connectivity index (χ2n) is 5.58. The van der Waals surface area contributed by atoms with Gasteiger partial charge >= 0.3 is 0 Å². The van der Waals surface area contributed by atoms with Crippen LogP contribution in [0.15, 0.2) is 53.4 Å². The largest absolute Gasteiger partial charge is 0.348 e. The van der Waals surface area contributed by atoms with Crippen LogP contribution in [-0.4, -0.2) is 20.4 Å². The molecule has 2 aromatic rings. The van der Waals surface area contributed by atoms with Gasteiger partial charge in [0.25, 0.3) is 0 Å².